The highest BCUT2D eigenvalue weighted by Gasteiger charge is 2.20. The Balaban J connectivity index is 2.10. The second-order valence-electron chi connectivity index (χ2n) is 4.01. The fourth-order valence-corrected chi connectivity index (χ4v) is 1.91. The van der Waals surface area contributed by atoms with E-state index >= 15 is 0 Å². The van der Waals surface area contributed by atoms with E-state index in [0.29, 0.717) is 0 Å². The highest BCUT2D eigenvalue weighted by Crippen LogP contribution is 2.32. The summed E-state index contributed by atoms with van der Waals surface area (Å²) in [6.45, 7) is 3.12. The van der Waals surface area contributed by atoms with Gasteiger partial charge < -0.3 is 11.1 Å². The summed E-state index contributed by atoms with van der Waals surface area (Å²) in [5.74, 6) is 0.889. The molecule has 0 amide bonds. The zero-order valence-electron chi connectivity index (χ0n) is 8.31. The maximum atomic E-state index is 5.80. The van der Waals surface area contributed by atoms with E-state index in [2.05, 4.69) is 27.3 Å². The Kier molecular flexibility index (Phi) is 2.68. The van der Waals surface area contributed by atoms with E-state index in [4.69, 9.17) is 5.73 Å². The van der Waals surface area contributed by atoms with Crippen LogP contribution in [0.2, 0.25) is 0 Å². The van der Waals surface area contributed by atoms with E-state index < -0.39 is 0 Å². The molecular weight excluding hydrogens is 240 g/mol. The van der Waals surface area contributed by atoms with Crippen molar-refractivity contribution in [2.24, 2.45) is 5.92 Å². The van der Waals surface area contributed by atoms with Crippen LogP contribution in [0.3, 0.4) is 0 Å². The molecule has 2 nitrogen and oxygen atoms in total. The molecule has 0 radical (unpaired) electrons. The lowest BCUT2D eigenvalue weighted by atomic mass is 10.2. The average molecular weight is 255 g/mol. The van der Waals surface area contributed by atoms with Crippen LogP contribution in [0, 0.1) is 12.8 Å². The second kappa shape index (κ2) is 3.81. The van der Waals surface area contributed by atoms with E-state index in [1.54, 1.807) is 0 Å². The molecule has 1 aromatic carbocycles. The molecule has 0 unspecified atom stereocenters. The van der Waals surface area contributed by atoms with Gasteiger partial charge in [0.1, 0.15) is 0 Å². The lowest BCUT2D eigenvalue weighted by molar-refractivity contribution is 0.888. The molecule has 0 heterocycles. The Labute approximate surface area is 93.0 Å². The summed E-state index contributed by atoms with van der Waals surface area (Å²) in [5.41, 5.74) is 8.93. The number of aryl methyl sites for hydroxylation is 1. The number of hydrogen-bond donors (Lipinski definition) is 2. The smallest absolute Gasteiger partial charge is 0.0488 e. The van der Waals surface area contributed by atoms with Gasteiger partial charge in [-0.1, -0.05) is 0 Å². The van der Waals surface area contributed by atoms with Crippen LogP contribution in [-0.2, 0) is 0 Å². The van der Waals surface area contributed by atoms with E-state index in [0.717, 1.165) is 33.9 Å². The van der Waals surface area contributed by atoms with E-state index in [1.807, 2.05) is 13.0 Å². The SMILES string of the molecule is Cc1cc(NCC2CC2)c(Br)cc1N. The first-order chi connectivity index (χ1) is 6.66. The van der Waals surface area contributed by atoms with Gasteiger partial charge in [0.15, 0.2) is 0 Å². The van der Waals surface area contributed by atoms with Gasteiger partial charge in [0.25, 0.3) is 0 Å². The molecule has 0 bridgehead atoms. The molecule has 0 saturated heterocycles. The monoisotopic (exact) mass is 254 g/mol. The minimum atomic E-state index is 0.842. The summed E-state index contributed by atoms with van der Waals surface area (Å²) < 4.78 is 1.06. The molecule has 76 valence electrons. The van der Waals surface area contributed by atoms with Crippen LogP contribution in [0.1, 0.15) is 18.4 Å². The molecule has 0 aromatic heterocycles. The van der Waals surface area contributed by atoms with Crippen molar-refractivity contribution in [2.75, 3.05) is 17.6 Å². The fraction of sp³-hybridized carbons (Fsp3) is 0.455. The maximum Gasteiger partial charge on any atom is 0.0488 e. The van der Waals surface area contributed by atoms with Gasteiger partial charge in [-0.25, -0.2) is 0 Å². The molecule has 1 fully saturated rings. The van der Waals surface area contributed by atoms with Gasteiger partial charge in [-0.05, 0) is 59.3 Å². The Hall–Kier alpha value is -0.700. The molecule has 1 aliphatic rings. The van der Waals surface area contributed by atoms with Crippen LogP contribution in [-0.4, -0.2) is 6.54 Å². The minimum Gasteiger partial charge on any atom is -0.398 e. The zero-order valence-corrected chi connectivity index (χ0v) is 9.89. The summed E-state index contributed by atoms with van der Waals surface area (Å²) in [5, 5.41) is 3.44. The zero-order chi connectivity index (χ0) is 10.1. The first-order valence-corrected chi connectivity index (χ1v) is 5.75. The minimum absolute atomic E-state index is 0.842. The molecule has 3 N–H and O–H groups in total. The number of nitrogen functional groups attached to an aromatic ring is 1. The lowest BCUT2D eigenvalue weighted by Gasteiger charge is -2.10. The molecule has 0 atom stereocenters. The van der Waals surface area contributed by atoms with Crippen molar-refractivity contribution in [1.82, 2.24) is 0 Å². The number of halogens is 1. The highest BCUT2D eigenvalue weighted by molar-refractivity contribution is 9.10. The third kappa shape index (κ3) is 2.21. The molecule has 1 aliphatic carbocycles. The van der Waals surface area contributed by atoms with Gasteiger partial charge in [0, 0.05) is 22.4 Å². The van der Waals surface area contributed by atoms with Crippen molar-refractivity contribution in [3.63, 3.8) is 0 Å². The number of benzene rings is 1. The van der Waals surface area contributed by atoms with E-state index in [1.165, 1.54) is 12.8 Å². The van der Waals surface area contributed by atoms with Crippen molar-refractivity contribution >= 4 is 27.3 Å². The summed E-state index contributed by atoms with van der Waals surface area (Å²) >= 11 is 3.51. The molecule has 14 heavy (non-hydrogen) atoms. The normalized spacial score (nSPS) is 15.6. The largest absolute Gasteiger partial charge is 0.398 e. The molecule has 0 aliphatic heterocycles. The number of hydrogen-bond acceptors (Lipinski definition) is 2. The van der Waals surface area contributed by atoms with Crippen molar-refractivity contribution in [3.05, 3.63) is 22.2 Å². The number of rotatable bonds is 3. The van der Waals surface area contributed by atoms with Gasteiger partial charge >= 0.3 is 0 Å². The third-order valence-corrected chi connectivity index (χ3v) is 3.29. The van der Waals surface area contributed by atoms with Crippen LogP contribution < -0.4 is 11.1 Å². The highest BCUT2D eigenvalue weighted by atomic mass is 79.9. The van der Waals surface area contributed by atoms with Crippen molar-refractivity contribution in [3.8, 4) is 0 Å². The first-order valence-electron chi connectivity index (χ1n) is 4.96. The van der Waals surface area contributed by atoms with Crippen molar-refractivity contribution in [2.45, 2.75) is 19.8 Å². The van der Waals surface area contributed by atoms with Gasteiger partial charge in [-0.3, -0.25) is 0 Å². The first kappa shape index (κ1) is 9.84. The predicted octanol–water partition coefficient (Wildman–Crippen LogP) is 3.16. The summed E-state index contributed by atoms with van der Waals surface area (Å²) in [6.07, 6.45) is 2.75. The van der Waals surface area contributed by atoms with Gasteiger partial charge in [-0.15, -0.1) is 0 Å². The molecular formula is C11H15BrN2. The molecule has 2 rings (SSSR count). The number of nitrogens with one attached hydrogen (secondary N) is 1. The molecule has 0 spiro atoms. The van der Waals surface area contributed by atoms with Gasteiger partial charge in [0.2, 0.25) is 0 Å². The average Bonchev–Trinajstić information content (AvgIpc) is 2.92. The van der Waals surface area contributed by atoms with Crippen LogP contribution in [0.5, 0.6) is 0 Å². The van der Waals surface area contributed by atoms with Gasteiger partial charge in [0.05, 0.1) is 0 Å². The van der Waals surface area contributed by atoms with Gasteiger partial charge in [-0.2, -0.15) is 0 Å². The molecule has 1 saturated carbocycles. The van der Waals surface area contributed by atoms with Crippen LogP contribution in [0.4, 0.5) is 11.4 Å². The third-order valence-electron chi connectivity index (χ3n) is 2.63. The van der Waals surface area contributed by atoms with Crippen LogP contribution in [0.15, 0.2) is 16.6 Å². The summed E-state index contributed by atoms with van der Waals surface area (Å²) in [6, 6.07) is 4.06. The topological polar surface area (TPSA) is 38.0 Å². The Morgan fingerprint density at radius 2 is 2.21 bits per heavy atom. The van der Waals surface area contributed by atoms with E-state index in [9.17, 15) is 0 Å². The quantitative estimate of drug-likeness (QED) is 0.814. The lowest BCUT2D eigenvalue weighted by Crippen LogP contribution is -2.04. The Morgan fingerprint density at radius 1 is 1.50 bits per heavy atom. The van der Waals surface area contributed by atoms with Crippen LogP contribution >= 0.6 is 15.9 Å². The predicted molar refractivity (Wildman–Crippen MR) is 64.5 cm³/mol. The number of nitrogens with two attached hydrogens (primary N) is 1. The molecule has 3 heteroatoms. The standard InChI is InChI=1S/C11H15BrN2/c1-7-4-11(9(12)5-10(7)13)14-6-8-2-3-8/h4-5,8,14H,2-3,6,13H2,1H3. The fourth-order valence-electron chi connectivity index (χ4n) is 1.41. The summed E-state index contributed by atoms with van der Waals surface area (Å²) in [7, 11) is 0. The Bertz CT molecular complexity index is 345. The number of anilines is 2. The molecule has 1 aromatic rings. The van der Waals surface area contributed by atoms with Crippen molar-refractivity contribution < 1.29 is 0 Å². The second-order valence-corrected chi connectivity index (χ2v) is 4.87. The van der Waals surface area contributed by atoms with E-state index in [-0.39, 0.29) is 0 Å². The van der Waals surface area contributed by atoms with Crippen LogP contribution in [0.25, 0.3) is 0 Å². The summed E-state index contributed by atoms with van der Waals surface area (Å²) in [4.78, 5) is 0. The maximum absolute atomic E-state index is 5.80. The van der Waals surface area contributed by atoms with Crippen molar-refractivity contribution in [1.29, 1.82) is 0 Å². The Morgan fingerprint density at radius 3 is 2.86 bits per heavy atom.